The second-order valence-corrected chi connectivity index (χ2v) is 8.07. The second-order valence-electron chi connectivity index (χ2n) is 7.07. The van der Waals surface area contributed by atoms with Crippen LogP contribution < -0.4 is 9.47 Å². The SMILES string of the molecule is CCCCCCOc1ccc(/C=C2\SC(=O)N(Cc3ccccc3)C2=O)cc1OC. The highest BCUT2D eigenvalue weighted by Crippen LogP contribution is 2.35. The predicted octanol–water partition coefficient (Wildman–Crippen LogP) is 5.89. The quantitative estimate of drug-likeness (QED) is 0.351. The van der Waals surface area contributed by atoms with Crippen LogP contribution in [0.4, 0.5) is 4.79 Å². The van der Waals surface area contributed by atoms with Crippen molar-refractivity contribution in [3.63, 3.8) is 0 Å². The van der Waals surface area contributed by atoms with E-state index in [9.17, 15) is 9.59 Å². The van der Waals surface area contributed by atoms with Gasteiger partial charge in [-0.15, -0.1) is 0 Å². The van der Waals surface area contributed by atoms with Gasteiger partial charge in [0.1, 0.15) is 0 Å². The van der Waals surface area contributed by atoms with Crippen molar-refractivity contribution < 1.29 is 19.1 Å². The number of ether oxygens (including phenoxy) is 2. The molecule has 158 valence electrons. The Bertz CT molecular complexity index is 911. The van der Waals surface area contributed by atoms with E-state index in [4.69, 9.17) is 9.47 Å². The predicted molar refractivity (Wildman–Crippen MR) is 121 cm³/mol. The van der Waals surface area contributed by atoms with Crippen LogP contribution in [0.3, 0.4) is 0 Å². The van der Waals surface area contributed by atoms with E-state index in [1.807, 2.05) is 48.5 Å². The molecule has 1 aliphatic rings. The van der Waals surface area contributed by atoms with Crippen LogP contribution in [-0.2, 0) is 11.3 Å². The molecule has 1 heterocycles. The van der Waals surface area contributed by atoms with Gasteiger partial charge in [-0.2, -0.15) is 0 Å². The summed E-state index contributed by atoms with van der Waals surface area (Å²) in [5, 5.41) is -0.255. The topological polar surface area (TPSA) is 55.8 Å². The molecule has 0 aliphatic carbocycles. The molecule has 2 aromatic rings. The molecule has 6 heteroatoms. The number of hydrogen-bond donors (Lipinski definition) is 0. The highest BCUT2D eigenvalue weighted by molar-refractivity contribution is 8.18. The summed E-state index contributed by atoms with van der Waals surface area (Å²) in [6, 6.07) is 15.0. The monoisotopic (exact) mass is 425 g/mol. The average molecular weight is 426 g/mol. The molecule has 0 radical (unpaired) electrons. The van der Waals surface area contributed by atoms with E-state index in [1.165, 1.54) is 17.7 Å². The molecule has 2 aromatic carbocycles. The first-order valence-corrected chi connectivity index (χ1v) is 11.0. The van der Waals surface area contributed by atoms with Crippen molar-refractivity contribution in [2.75, 3.05) is 13.7 Å². The van der Waals surface area contributed by atoms with Crippen molar-refractivity contribution >= 4 is 29.0 Å². The van der Waals surface area contributed by atoms with Crippen LogP contribution >= 0.6 is 11.8 Å². The number of imide groups is 1. The van der Waals surface area contributed by atoms with Gasteiger partial charge in [-0.1, -0.05) is 62.6 Å². The highest BCUT2D eigenvalue weighted by atomic mass is 32.2. The van der Waals surface area contributed by atoms with Crippen LogP contribution in [-0.4, -0.2) is 29.8 Å². The lowest BCUT2D eigenvalue weighted by molar-refractivity contribution is -0.123. The summed E-state index contributed by atoms with van der Waals surface area (Å²) in [7, 11) is 1.59. The molecular formula is C24H27NO4S. The van der Waals surface area contributed by atoms with Gasteiger partial charge in [-0.25, -0.2) is 0 Å². The Morgan fingerprint density at radius 3 is 2.53 bits per heavy atom. The molecule has 2 amide bonds. The molecule has 0 bridgehead atoms. The van der Waals surface area contributed by atoms with E-state index in [2.05, 4.69) is 6.92 Å². The minimum absolute atomic E-state index is 0.255. The van der Waals surface area contributed by atoms with Crippen LogP contribution in [0, 0.1) is 0 Å². The van der Waals surface area contributed by atoms with Crippen molar-refractivity contribution in [2.45, 2.75) is 39.2 Å². The van der Waals surface area contributed by atoms with Gasteiger partial charge in [0.15, 0.2) is 11.5 Å². The highest BCUT2D eigenvalue weighted by Gasteiger charge is 2.34. The standard InChI is InChI=1S/C24H27NO4S/c1-3-4-5-9-14-29-20-13-12-19(15-21(20)28-2)16-22-23(26)25(24(27)30-22)17-18-10-7-6-8-11-18/h6-8,10-13,15-16H,3-5,9,14,17H2,1-2H3/b22-16-. The van der Waals surface area contributed by atoms with E-state index < -0.39 is 0 Å². The number of hydrogen-bond acceptors (Lipinski definition) is 5. The normalized spacial score (nSPS) is 15.1. The molecule has 30 heavy (non-hydrogen) atoms. The van der Waals surface area contributed by atoms with Crippen LogP contribution in [0.25, 0.3) is 6.08 Å². The van der Waals surface area contributed by atoms with Gasteiger partial charge in [-0.3, -0.25) is 14.5 Å². The fraction of sp³-hybridized carbons (Fsp3) is 0.333. The second kappa shape index (κ2) is 10.9. The van der Waals surface area contributed by atoms with Gasteiger partial charge in [-0.05, 0) is 47.5 Å². The van der Waals surface area contributed by atoms with E-state index in [0.29, 0.717) is 23.0 Å². The lowest BCUT2D eigenvalue weighted by Crippen LogP contribution is -2.27. The maximum Gasteiger partial charge on any atom is 0.293 e. The van der Waals surface area contributed by atoms with E-state index >= 15 is 0 Å². The largest absolute Gasteiger partial charge is 0.493 e. The Labute approximate surface area is 182 Å². The van der Waals surface area contributed by atoms with Crippen LogP contribution in [0.2, 0.25) is 0 Å². The fourth-order valence-corrected chi connectivity index (χ4v) is 4.00. The Hall–Kier alpha value is -2.73. The number of unbranched alkanes of at least 4 members (excludes halogenated alkanes) is 3. The number of nitrogens with zero attached hydrogens (tertiary/aromatic N) is 1. The van der Waals surface area contributed by atoms with Gasteiger partial charge in [0.2, 0.25) is 0 Å². The number of thioether (sulfide) groups is 1. The van der Waals surface area contributed by atoms with Crippen LogP contribution in [0.1, 0.15) is 43.7 Å². The van der Waals surface area contributed by atoms with Crippen molar-refractivity contribution in [1.29, 1.82) is 0 Å². The van der Waals surface area contributed by atoms with Crippen molar-refractivity contribution in [3.05, 3.63) is 64.6 Å². The summed E-state index contributed by atoms with van der Waals surface area (Å²) in [6.45, 7) is 3.10. The number of methoxy groups -OCH3 is 1. The maximum absolute atomic E-state index is 12.7. The number of carbonyl (C=O) groups excluding carboxylic acids is 2. The summed E-state index contributed by atoms with van der Waals surface area (Å²) < 4.78 is 11.3. The van der Waals surface area contributed by atoms with E-state index in [-0.39, 0.29) is 17.7 Å². The van der Waals surface area contributed by atoms with Crippen LogP contribution in [0.15, 0.2) is 53.4 Å². The van der Waals surface area contributed by atoms with Gasteiger partial charge in [0, 0.05) is 0 Å². The summed E-state index contributed by atoms with van der Waals surface area (Å²) >= 11 is 0.961. The molecule has 0 spiro atoms. The molecule has 5 nitrogen and oxygen atoms in total. The number of benzene rings is 2. The van der Waals surface area contributed by atoms with Crippen molar-refractivity contribution in [2.24, 2.45) is 0 Å². The number of carbonyl (C=O) groups is 2. The molecule has 0 atom stereocenters. The van der Waals surface area contributed by atoms with Crippen LogP contribution in [0.5, 0.6) is 11.5 Å². The Balaban J connectivity index is 1.68. The summed E-state index contributed by atoms with van der Waals surface area (Å²) in [5.74, 6) is 1.02. The molecule has 1 fully saturated rings. The van der Waals surface area contributed by atoms with Gasteiger partial charge in [0.05, 0.1) is 25.2 Å². The first-order chi connectivity index (χ1) is 14.6. The minimum atomic E-state index is -0.274. The molecule has 1 saturated heterocycles. The third-order valence-corrected chi connectivity index (χ3v) is 5.71. The van der Waals surface area contributed by atoms with E-state index in [0.717, 1.165) is 35.7 Å². The maximum atomic E-state index is 12.7. The smallest absolute Gasteiger partial charge is 0.293 e. The van der Waals surface area contributed by atoms with Gasteiger partial charge < -0.3 is 9.47 Å². The third kappa shape index (κ3) is 5.66. The Morgan fingerprint density at radius 2 is 1.80 bits per heavy atom. The first kappa shape index (κ1) is 22.0. The lowest BCUT2D eigenvalue weighted by Gasteiger charge is -2.12. The summed E-state index contributed by atoms with van der Waals surface area (Å²) in [4.78, 5) is 26.8. The molecule has 0 saturated carbocycles. The molecular weight excluding hydrogens is 398 g/mol. The Kier molecular flexibility index (Phi) is 7.97. The zero-order valence-corrected chi connectivity index (χ0v) is 18.2. The van der Waals surface area contributed by atoms with E-state index in [1.54, 1.807) is 13.2 Å². The fourth-order valence-electron chi connectivity index (χ4n) is 3.16. The zero-order chi connectivity index (χ0) is 21.3. The van der Waals surface area contributed by atoms with Crippen molar-refractivity contribution in [3.8, 4) is 11.5 Å². The third-order valence-electron chi connectivity index (χ3n) is 4.80. The number of rotatable bonds is 10. The first-order valence-electron chi connectivity index (χ1n) is 10.2. The number of amides is 2. The zero-order valence-electron chi connectivity index (χ0n) is 17.4. The average Bonchev–Trinajstić information content (AvgIpc) is 3.02. The minimum Gasteiger partial charge on any atom is -0.493 e. The summed E-state index contributed by atoms with van der Waals surface area (Å²) in [5.41, 5.74) is 1.71. The molecule has 3 rings (SSSR count). The summed E-state index contributed by atoms with van der Waals surface area (Å²) in [6.07, 6.45) is 6.28. The van der Waals surface area contributed by atoms with Gasteiger partial charge in [0.25, 0.3) is 11.1 Å². The molecule has 1 aliphatic heterocycles. The molecule has 0 N–H and O–H groups in total. The lowest BCUT2D eigenvalue weighted by atomic mass is 10.1. The molecule has 0 aromatic heterocycles. The Morgan fingerprint density at radius 1 is 1.00 bits per heavy atom. The van der Waals surface area contributed by atoms with Gasteiger partial charge >= 0.3 is 0 Å². The molecule has 0 unspecified atom stereocenters. The van der Waals surface area contributed by atoms with Crippen molar-refractivity contribution in [1.82, 2.24) is 4.90 Å².